The van der Waals surface area contributed by atoms with Gasteiger partial charge in [-0.25, -0.2) is 12.8 Å². The number of aromatic nitrogens is 1. The Balaban J connectivity index is 1.97. The maximum Gasteiger partial charge on any atom is 0.151 e. The summed E-state index contributed by atoms with van der Waals surface area (Å²) >= 11 is 0. The van der Waals surface area contributed by atoms with Crippen molar-refractivity contribution in [2.24, 2.45) is 5.73 Å². The molecule has 0 aliphatic carbocycles. The van der Waals surface area contributed by atoms with Gasteiger partial charge in [-0.05, 0) is 23.8 Å². The van der Waals surface area contributed by atoms with Crippen LogP contribution in [0.4, 0.5) is 4.39 Å². The minimum absolute atomic E-state index is 0.0761. The number of fused-ring (bicyclic) bond motifs is 1. The summed E-state index contributed by atoms with van der Waals surface area (Å²) in [6, 6.07) is 6.17. The fourth-order valence-electron chi connectivity index (χ4n) is 2.69. The number of sulfone groups is 1. The Morgan fingerprint density at radius 2 is 2.17 bits per heavy atom. The molecule has 3 rings (SSSR count). The van der Waals surface area contributed by atoms with Crippen LogP contribution in [0.5, 0.6) is 5.75 Å². The molecule has 0 amide bonds. The summed E-state index contributed by atoms with van der Waals surface area (Å²) < 4.78 is 42.3. The molecule has 1 aliphatic heterocycles. The van der Waals surface area contributed by atoms with Gasteiger partial charge >= 0.3 is 0 Å². The van der Waals surface area contributed by atoms with Crippen LogP contribution in [0, 0.1) is 5.82 Å². The largest absolute Gasteiger partial charge is 0.488 e. The molecule has 0 fully saturated rings. The predicted molar refractivity (Wildman–Crippen MR) is 85.4 cm³/mol. The first-order chi connectivity index (χ1) is 10.9. The van der Waals surface area contributed by atoms with Crippen molar-refractivity contribution in [1.82, 2.24) is 4.98 Å². The van der Waals surface area contributed by atoms with Gasteiger partial charge in [0.2, 0.25) is 0 Å². The molecule has 2 N–H and O–H groups in total. The van der Waals surface area contributed by atoms with Crippen molar-refractivity contribution in [3.63, 3.8) is 0 Å². The molecule has 0 saturated heterocycles. The van der Waals surface area contributed by atoms with Crippen molar-refractivity contribution < 1.29 is 17.5 Å². The van der Waals surface area contributed by atoms with Crippen molar-refractivity contribution in [3.8, 4) is 17.0 Å². The van der Waals surface area contributed by atoms with Gasteiger partial charge in [-0.15, -0.1) is 0 Å². The number of nitrogens with zero attached hydrogens (tertiary/aromatic N) is 1. The molecule has 0 radical (unpaired) electrons. The Morgan fingerprint density at radius 3 is 2.78 bits per heavy atom. The third-order valence-corrected chi connectivity index (χ3v) is 4.51. The Hall–Kier alpha value is -1.99. The monoisotopic (exact) mass is 336 g/mol. The maximum absolute atomic E-state index is 13.8. The fraction of sp³-hybridized carbons (Fsp3) is 0.312. The minimum Gasteiger partial charge on any atom is -0.488 e. The van der Waals surface area contributed by atoms with Gasteiger partial charge in [-0.1, -0.05) is 6.07 Å². The summed E-state index contributed by atoms with van der Waals surface area (Å²) in [4.78, 5) is 4.26. The highest BCUT2D eigenvalue weighted by Crippen LogP contribution is 2.38. The summed E-state index contributed by atoms with van der Waals surface area (Å²) in [7, 11) is -3.12. The van der Waals surface area contributed by atoms with Crippen molar-refractivity contribution in [2.45, 2.75) is 18.3 Å². The topological polar surface area (TPSA) is 82.3 Å². The summed E-state index contributed by atoms with van der Waals surface area (Å²) in [5.74, 6) is 0.167. The fourth-order valence-corrected chi connectivity index (χ4v) is 3.46. The normalized spacial score (nSPS) is 16.9. The number of pyridine rings is 1. The number of rotatable bonds is 4. The van der Waals surface area contributed by atoms with Gasteiger partial charge in [-0.2, -0.15) is 0 Å². The first-order valence-electron chi connectivity index (χ1n) is 7.18. The molecule has 1 atom stereocenters. The summed E-state index contributed by atoms with van der Waals surface area (Å²) in [5, 5.41) is 0. The van der Waals surface area contributed by atoms with Gasteiger partial charge < -0.3 is 10.5 Å². The number of benzene rings is 1. The third kappa shape index (κ3) is 3.51. The predicted octanol–water partition coefficient (Wildman–Crippen LogP) is 1.69. The molecule has 2 aromatic rings. The van der Waals surface area contributed by atoms with Crippen LogP contribution < -0.4 is 10.5 Å². The second-order valence-corrected chi connectivity index (χ2v) is 7.88. The molecule has 0 bridgehead atoms. The van der Waals surface area contributed by atoms with Crippen molar-refractivity contribution in [3.05, 3.63) is 47.4 Å². The molecule has 1 unspecified atom stereocenters. The van der Waals surface area contributed by atoms with Crippen molar-refractivity contribution in [2.75, 3.05) is 12.8 Å². The van der Waals surface area contributed by atoms with Gasteiger partial charge in [0, 0.05) is 36.5 Å². The Morgan fingerprint density at radius 1 is 1.39 bits per heavy atom. The van der Waals surface area contributed by atoms with Crippen LogP contribution in [0.2, 0.25) is 0 Å². The third-order valence-electron chi connectivity index (χ3n) is 3.66. The van der Waals surface area contributed by atoms with Crippen molar-refractivity contribution in [1.29, 1.82) is 0 Å². The molecule has 1 aliphatic rings. The van der Waals surface area contributed by atoms with E-state index in [2.05, 4.69) is 4.98 Å². The molecular weight excluding hydrogens is 319 g/mol. The van der Waals surface area contributed by atoms with E-state index in [9.17, 15) is 12.8 Å². The quantitative estimate of drug-likeness (QED) is 0.919. The second kappa shape index (κ2) is 5.90. The Kier molecular flexibility index (Phi) is 4.08. The van der Waals surface area contributed by atoms with Gasteiger partial charge in [0.1, 0.15) is 17.7 Å². The molecule has 2 heterocycles. The van der Waals surface area contributed by atoms with Crippen molar-refractivity contribution >= 4 is 9.84 Å². The first kappa shape index (κ1) is 15.9. The average molecular weight is 336 g/mol. The smallest absolute Gasteiger partial charge is 0.151 e. The van der Waals surface area contributed by atoms with E-state index >= 15 is 0 Å². The van der Waals surface area contributed by atoms with Gasteiger partial charge in [0.05, 0.1) is 11.4 Å². The van der Waals surface area contributed by atoms with Crippen LogP contribution in [0.3, 0.4) is 0 Å². The minimum atomic E-state index is -3.12. The highest BCUT2D eigenvalue weighted by Gasteiger charge is 2.26. The van der Waals surface area contributed by atoms with E-state index in [-0.39, 0.29) is 17.7 Å². The Bertz CT molecular complexity index is 835. The molecule has 0 saturated carbocycles. The Labute approximate surface area is 134 Å². The second-order valence-electron chi connectivity index (χ2n) is 5.74. The zero-order valence-electron chi connectivity index (χ0n) is 12.6. The highest BCUT2D eigenvalue weighted by molar-refractivity contribution is 7.89. The van der Waals surface area contributed by atoms with E-state index in [0.717, 1.165) is 5.56 Å². The summed E-state index contributed by atoms with van der Waals surface area (Å²) in [5.41, 5.74) is 8.09. The SMILES string of the molecule is CS(=O)(=O)Cc1ccc(-c2cc(F)cc3c2OC(CN)C3)nc1. The highest BCUT2D eigenvalue weighted by atomic mass is 32.2. The molecule has 0 spiro atoms. The molecule has 5 nitrogen and oxygen atoms in total. The van der Waals surface area contributed by atoms with E-state index < -0.39 is 9.84 Å². The number of nitrogens with two attached hydrogens (primary N) is 1. The standard InChI is InChI=1S/C16H17FN2O3S/c1-23(20,21)9-10-2-3-15(19-8-10)14-6-12(17)4-11-5-13(7-18)22-16(11)14/h2-4,6,8,13H,5,7,9,18H2,1H3. The average Bonchev–Trinajstić information content (AvgIpc) is 2.88. The molecular formula is C16H17FN2O3S. The lowest BCUT2D eigenvalue weighted by molar-refractivity contribution is 0.242. The van der Waals surface area contributed by atoms with Crippen LogP contribution in [-0.2, 0) is 22.0 Å². The zero-order chi connectivity index (χ0) is 16.6. The molecule has 23 heavy (non-hydrogen) atoms. The van der Waals surface area contributed by atoms with Crippen LogP contribution >= 0.6 is 0 Å². The summed E-state index contributed by atoms with van der Waals surface area (Å²) in [6.07, 6.45) is 3.07. The van der Waals surface area contributed by atoms with Crippen LogP contribution in [0.1, 0.15) is 11.1 Å². The summed E-state index contributed by atoms with van der Waals surface area (Å²) in [6.45, 7) is 0.358. The molecule has 122 valence electrons. The lowest BCUT2D eigenvalue weighted by atomic mass is 10.0. The van der Waals surface area contributed by atoms with Crippen LogP contribution in [-0.4, -0.2) is 32.3 Å². The lowest BCUT2D eigenvalue weighted by Gasteiger charge is -2.11. The lowest BCUT2D eigenvalue weighted by Crippen LogP contribution is -2.24. The van der Waals surface area contributed by atoms with Gasteiger partial charge in [0.15, 0.2) is 9.84 Å². The van der Waals surface area contributed by atoms with Gasteiger partial charge in [-0.3, -0.25) is 4.98 Å². The number of hydrogen-bond donors (Lipinski definition) is 1. The van der Waals surface area contributed by atoms with E-state index in [4.69, 9.17) is 10.5 Å². The van der Waals surface area contributed by atoms with E-state index in [1.165, 1.54) is 24.6 Å². The first-order valence-corrected chi connectivity index (χ1v) is 9.24. The van der Waals surface area contributed by atoms with E-state index in [1.807, 2.05) is 0 Å². The van der Waals surface area contributed by atoms with E-state index in [0.29, 0.717) is 35.5 Å². The number of ether oxygens (including phenoxy) is 1. The number of halogens is 1. The van der Waals surface area contributed by atoms with Crippen LogP contribution in [0.15, 0.2) is 30.5 Å². The van der Waals surface area contributed by atoms with E-state index in [1.54, 1.807) is 12.1 Å². The maximum atomic E-state index is 13.8. The molecule has 1 aromatic carbocycles. The number of hydrogen-bond acceptors (Lipinski definition) is 5. The van der Waals surface area contributed by atoms with Gasteiger partial charge in [0.25, 0.3) is 0 Å². The van der Waals surface area contributed by atoms with Crippen LogP contribution in [0.25, 0.3) is 11.3 Å². The molecule has 1 aromatic heterocycles. The zero-order valence-corrected chi connectivity index (χ0v) is 13.4. The molecule has 7 heteroatoms.